The Hall–Kier alpha value is -1.17. The Morgan fingerprint density at radius 2 is 2.10 bits per heavy atom. The number of nitrogen functional groups attached to an aromatic ring is 1. The highest BCUT2D eigenvalue weighted by Crippen LogP contribution is 2.28. The molecule has 0 saturated carbocycles. The van der Waals surface area contributed by atoms with Gasteiger partial charge in [-0.15, -0.1) is 0 Å². The molecule has 1 aromatic rings. The summed E-state index contributed by atoms with van der Waals surface area (Å²) in [6.45, 7) is 3.33. The number of hydrogen-bond donors (Lipinski definition) is 1. The van der Waals surface area contributed by atoms with Crippen molar-refractivity contribution in [1.29, 1.82) is 5.26 Å². The third kappa shape index (κ3) is 3.48. The molecule has 2 N–H and O–H groups in total. The Kier molecular flexibility index (Phi) is 5.50. The van der Waals surface area contributed by atoms with Crippen LogP contribution in [0.5, 0.6) is 0 Å². The van der Waals surface area contributed by atoms with Crippen molar-refractivity contribution < 1.29 is 12.8 Å². The van der Waals surface area contributed by atoms with Gasteiger partial charge in [0.1, 0.15) is 10.7 Å². The minimum Gasteiger partial charge on any atom is -0.398 e. The molecule has 1 rings (SSSR count). The van der Waals surface area contributed by atoms with E-state index in [0.29, 0.717) is 4.47 Å². The van der Waals surface area contributed by atoms with E-state index >= 15 is 0 Å². The van der Waals surface area contributed by atoms with E-state index in [-0.39, 0.29) is 18.7 Å². The first-order valence-corrected chi connectivity index (χ1v) is 8.08. The lowest BCUT2D eigenvalue weighted by atomic mass is 10.3. The maximum atomic E-state index is 13.9. The lowest BCUT2D eigenvalue weighted by Gasteiger charge is -2.25. The summed E-state index contributed by atoms with van der Waals surface area (Å²) in [6, 6.07) is 3.59. The van der Waals surface area contributed by atoms with Crippen LogP contribution < -0.4 is 5.73 Å². The van der Waals surface area contributed by atoms with Gasteiger partial charge in [0.15, 0.2) is 0 Å². The van der Waals surface area contributed by atoms with Crippen LogP contribution in [0.4, 0.5) is 10.1 Å². The van der Waals surface area contributed by atoms with Crippen molar-refractivity contribution >= 4 is 31.6 Å². The fourth-order valence-electron chi connectivity index (χ4n) is 1.68. The number of halogens is 2. The van der Waals surface area contributed by atoms with Crippen molar-refractivity contribution in [3.05, 3.63) is 22.4 Å². The lowest BCUT2D eigenvalue weighted by Crippen LogP contribution is -2.38. The fraction of sp³-hybridized carbons (Fsp3) is 0.417. The number of nitriles is 1. The molecule has 0 spiro atoms. The van der Waals surface area contributed by atoms with Gasteiger partial charge in [-0.3, -0.25) is 0 Å². The molecular weight excluding hydrogens is 349 g/mol. The Balaban J connectivity index is 3.34. The van der Waals surface area contributed by atoms with Crippen molar-refractivity contribution in [3.8, 4) is 6.07 Å². The molecule has 0 fully saturated rings. The molecule has 5 nitrogen and oxygen atoms in total. The number of nitrogens with two attached hydrogens (primary N) is 1. The molecule has 0 aromatic heterocycles. The van der Waals surface area contributed by atoms with Gasteiger partial charge in [-0.2, -0.15) is 9.57 Å². The molecule has 8 heteroatoms. The molecule has 20 heavy (non-hydrogen) atoms. The van der Waals surface area contributed by atoms with E-state index in [1.807, 2.05) is 6.07 Å². The number of rotatable bonds is 5. The first-order valence-electron chi connectivity index (χ1n) is 5.85. The second-order valence-electron chi connectivity index (χ2n) is 4.42. The minimum atomic E-state index is -4.04. The topological polar surface area (TPSA) is 87.2 Å². The first-order chi connectivity index (χ1) is 9.21. The number of anilines is 1. The number of benzene rings is 1. The molecule has 0 bridgehead atoms. The van der Waals surface area contributed by atoms with E-state index in [2.05, 4.69) is 15.9 Å². The van der Waals surface area contributed by atoms with Gasteiger partial charge in [-0.05, 0) is 41.9 Å². The van der Waals surface area contributed by atoms with E-state index in [1.54, 1.807) is 13.8 Å². The van der Waals surface area contributed by atoms with Gasteiger partial charge in [0, 0.05) is 29.2 Å². The third-order valence-corrected chi connectivity index (χ3v) is 5.43. The summed E-state index contributed by atoms with van der Waals surface area (Å²) in [7, 11) is -4.04. The highest BCUT2D eigenvalue weighted by molar-refractivity contribution is 9.10. The summed E-state index contributed by atoms with van der Waals surface area (Å²) in [4.78, 5) is -0.482. The Morgan fingerprint density at radius 3 is 2.60 bits per heavy atom. The highest BCUT2D eigenvalue weighted by Gasteiger charge is 2.30. The molecule has 110 valence electrons. The predicted molar refractivity (Wildman–Crippen MR) is 77.8 cm³/mol. The normalized spacial score (nSPS) is 11.8. The average Bonchev–Trinajstić information content (AvgIpc) is 2.33. The summed E-state index contributed by atoms with van der Waals surface area (Å²) in [6.07, 6.45) is 0.0328. The van der Waals surface area contributed by atoms with Gasteiger partial charge < -0.3 is 5.73 Å². The first kappa shape index (κ1) is 16.9. The minimum absolute atomic E-state index is 0.00586. The van der Waals surface area contributed by atoms with Gasteiger partial charge in [0.05, 0.1) is 6.07 Å². The van der Waals surface area contributed by atoms with E-state index < -0.39 is 26.8 Å². The molecule has 0 atom stereocenters. The SMILES string of the molecule is CC(C)N(CCC#N)S(=O)(=O)c1cc(N)c(Br)cc1F. The van der Waals surface area contributed by atoms with Crippen LogP contribution in [0.2, 0.25) is 0 Å². The molecule has 0 radical (unpaired) electrons. The summed E-state index contributed by atoms with van der Waals surface area (Å²) in [5.74, 6) is -0.881. The van der Waals surface area contributed by atoms with E-state index in [0.717, 1.165) is 16.4 Å². The molecule has 0 heterocycles. The predicted octanol–water partition coefficient (Wildman–Crippen LogP) is 2.48. The second kappa shape index (κ2) is 6.52. The van der Waals surface area contributed by atoms with Gasteiger partial charge in [0.25, 0.3) is 0 Å². The van der Waals surface area contributed by atoms with Crippen molar-refractivity contribution in [2.24, 2.45) is 0 Å². The summed E-state index contributed by atoms with van der Waals surface area (Å²) < 4.78 is 40.2. The smallest absolute Gasteiger partial charge is 0.246 e. The molecule has 0 aliphatic carbocycles. The van der Waals surface area contributed by atoms with Crippen molar-refractivity contribution in [3.63, 3.8) is 0 Å². The zero-order valence-electron chi connectivity index (χ0n) is 11.1. The van der Waals surface area contributed by atoms with Crippen LogP contribution >= 0.6 is 15.9 Å². The van der Waals surface area contributed by atoms with Gasteiger partial charge >= 0.3 is 0 Å². The van der Waals surface area contributed by atoms with Gasteiger partial charge in [-0.1, -0.05) is 0 Å². The Morgan fingerprint density at radius 1 is 1.50 bits per heavy atom. The standard InChI is InChI=1S/C12H15BrFN3O2S/c1-8(2)17(5-3-4-15)20(18,19)12-7-11(16)9(13)6-10(12)14/h6-8H,3,5,16H2,1-2H3. The van der Waals surface area contributed by atoms with Crippen LogP contribution in [0.1, 0.15) is 20.3 Å². The van der Waals surface area contributed by atoms with Crippen LogP contribution in [-0.2, 0) is 10.0 Å². The lowest BCUT2D eigenvalue weighted by molar-refractivity contribution is 0.358. The molecule has 0 amide bonds. The van der Waals surface area contributed by atoms with Crippen molar-refractivity contribution in [1.82, 2.24) is 4.31 Å². The quantitative estimate of drug-likeness (QED) is 0.814. The van der Waals surface area contributed by atoms with Crippen LogP contribution in [0.15, 0.2) is 21.5 Å². The highest BCUT2D eigenvalue weighted by atomic mass is 79.9. The molecule has 0 unspecified atom stereocenters. The van der Waals surface area contributed by atoms with E-state index in [4.69, 9.17) is 11.0 Å². The zero-order valence-corrected chi connectivity index (χ0v) is 13.5. The van der Waals surface area contributed by atoms with Crippen LogP contribution in [0, 0.1) is 17.1 Å². The summed E-state index contributed by atoms with van der Waals surface area (Å²) >= 11 is 3.04. The zero-order chi connectivity index (χ0) is 15.5. The van der Waals surface area contributed by atoms with Crippen molar-refractivity contribution in [2.75, 3.05) is 12.3 Å². The summed E-state index contributed by atoms with van der Waals surface area (Å²) in [5.41, 5.74) is 5.75. The average molecular weight is 364 g/mol. The number of hydrogen-bond acceptors (Lipinski definition) is 4. The van der Waals surface area contributed by atoms with Crippen LogP contribution in [0.25, 0.3) is 0 Å². The molecule has 0 aliphatic rings. The fourth-order valence-corrected chi connectivity index (χ4v) is 3.72. The second-order valence-corrected chi connectivity index (χ2v) is 7.14. The van der Waals surface area contributed by atoms with E-state index in [9.17, 15) is 12.8 Å². The van der Waals surface area contributed by atoms with Crippen LogP contribution in [0.3, 0.4) is 0 Å². The van der Waals surface area contributed by atoms with Gasteiger partial charge in [-0.25, -0.2) is 12.8 Å². The summed E-state index contributed by atoms with van der Waals surface area (Å²) in [5, 5.41) is 8.60. The largest absolute Gasteiger partial charge is 0.398 e. The van der Waals surface area contributed by atoms with Crippen molar-refractivity contribution in [2.45, 2.75) is 31.2 Å². The Bertz CT molecular complexity index is 641. The molecular formula is C12H15BrFN3O2S. The van der Waals surface area contributed by atoms with E-state index in [1.165, 1.54) is 0 Å². The molecule has 0 aliphatic heterocycles. The van der Waals surface area contributed by atoms with Crippen LogP contribution in [-0.4, -0.2) is 25.3 Å². The molecule has 0 saturated heterocycles. The molecule has 1 aromatic carbocycles. The third-order valence-electron chi connectivity index (χ3n) is 2.66. The number of sulfonamides is 1. The maximum Gasteiger partial charge on any atom is 0.246 e. The Labute approximate surface area is 126 Å². The maximum absolute atomic E-state index is 13.9. The monoisotopic (exact) mass is 363 g/mol. The van der Waals surface area contributed by atoms with Gasteiger partial charge in [0.2, 0.25) is 10.0 Å². The number of nitrogens with zero attached hydrogens (tertiary/aromatic N) is 2.